The summed E-state index contributed by atoms with van der Waals surface area (Å²) in [6, 6.07) is 11.5. The molecule has 1 atom stereocenters. The highest BCUT2D eigenvalue weighted by Gasteiger charge is 2.14. The van der Waals surface area contributed by atoms with Gasteiger partial charge in [-0.2, -0.15) is 0 Å². The molecule has 0 saturated heterocycles. The zero-order valence-electron chi connectivity index (χ0n) is 14.5. The fourth-order valence-electron chi connectivity index (χ4n) is 2.92. The van der Waals surface area contributed by atoms with Crippen LogP contribution in [0.3, 0.4) is 0 Å². The van der Waals surface area contributed by atoms with Gasteiger partial charge in [0.2, 0.25) is 5.91 Å². The molecule has 2 aromatic carbocycles. The van der Waals surface area contributed by atoms with Crippen LogP contribution in [0.4, 0.5) is 0 Å². The molecule has 0 aliphatic heterocycles. The number of hydrogen-bond donors (Lipinski definition) is 2. The van der Waals surface area contributed by atoms with E-state index in [4.69, 9.17) is 23.2 Å². The molecule has 3 aromatic rings. The molecule has 2 N–H and O–H groups in total. The summed E-state index contributed by atoms with van der Waals surface area (Å²) >= 11 is 12.1. The van der Waals surface area contributed by atoms with Gasteiger partial charge < -0.3 is 5.32 Å². The Morgan fingerprint density at radius 1 is 1.19 bits per heavy atom. The molecular weight excluding hydrogens is 389 g/mol. The van der Waals surface area contributed by atoms with Crippen LogP contribution in [-0.4, -0.2) is 15.5 Å². The number of hydrogen-bond acceptors (Lipinski definition) is 3. The van der Waals surface area contributed by atoms with Gasteiger partial charge in [0, 0.05) is 23.0 Å². The number of halogens is 2. The first kappa shape index (κ1) is 19.2. The van der Waals surface area contributed by atoms with E-state index in [0.29, 0.717) is 20.9 Å². The predicted octanol–water partition coefficient (Wildman–Crippen LogP) is 3.26. The highest BCUT2D eigenvalue weighted by Crippen LogP contribution is 2.26. The van der Waals surface area contributed by atoms with E-state index >= 15 is 0 Å². The van der Waals surface area contributed by atoms with Gasteiger partial charge in [-0.05, 0) is 36.8 Å². The van der Waals surface area contributed by atoms with E-state index < -0.39 is 11.2 Å². The van der Waals surface area contributed by atoms with Crippen LogP contribution < -0.4 is 16.6 Å². The summed E-state index contributed by atoms with van der Waals surface area (Å²) in [5.74, 6) is -0.240. The molecule has 1 unspecified atom stereocenters. The second-order valence-electron chi connectivity index (χ2n) is 6.13. The topological polar surface area (TPSA) is 84.0 Å². The standard InChI is InChI=1S/C19H17Cl2N3O3/c1-11(13-7-6-12(20)10-15(13)21)22-17(25)8-9-24-16-5-3-2-4-14(16)18(26)23-19(24)27/h2-7,10-11H,8-9H2,1H3,(H,22,25)(H,23,26,27). The number of aromatic amines is 1. The Bertz CT molecular complexity index is 1120. The third-order valence-corrected chi connectivity index (χ3v) is 4.84. The molecular formula is C19H17Cl2N3O3. The van der Waals surface area contributed by atoms with E-state index in [2.05, 4.69) is 10.3 Å². The number of nitrogens with one attached hydrogen (secondary N) is 2. The minimum Gasteiger partial charge on any atom is -0.349 e. The van der Waals surface area contributed by atoms with E-state index in [0.717, 1.165) is 5.56 Å². The zero-order chi connectivity index (χ0) is 19.6. The van der Waals surface area contributed by atoms with Crippen molar-refractivity contribution in [3.8, 4) is 0 Å². The summed E-state index contributed by atoms with van der Waals surface area (Å²) in [6.07, 6.45) is 0.0749. The van der Waals surface area contributed by atoms with Crippen LogP contribution in [0.2, 0.25) is 10.0 Å². The summed E-state index contributed by atoms with van der Waals surface area (Å²) in [6.45, 7) is 1.96. The van der Waals surface area contributed by atoms with Crippen molar-refractivity contribution in [3.05, 3.63) is 78.9 Å². The maximum absolute atomic E-state index is 12.3. The van der Waals surface area contributed by atoms with E-state index in [1.807, 2.05) is 6.92 Å². The number of carbonyl (C=O) groups is 1. The maximum atomic E-state index is 12.3. The highest BCUT2D eigenvalue weighted by atomic mass is 35.5. The Morgan fingerprint density at radius 2 is 1.93 bits per heavy atom. The maximum Gasteiger partial charge on any atom is 0.328 e. The van der Waals surface area contributed by atoms with Crippen LogP contribution in [0.25, 0.3) is 10.9 Å². The molecule has 0 spiro atoms. The van der Waals surface area contributed by atoms with Crippen molar-refractivity contribution in [1.82, 2.24) is 14.9 Å². The van der Waals surface area contributed by atoms with Gasteiger partial charge in [0.15, 0.2) is 0 Å². The first-order chi connectivity index (χ1) is 12.9. The highest BCUT2D eigenvalue weighted by molar-refractivity contribution is 6.35. The van der Waals surface area contributed by atoms with Gasteiger partial charge in [0.25, 0.3) is 5.56 Å². The number of para-hydroxylation sites is 1. The Labute approximate surface area is 164 Å². The minimum absolute atomic E-state index is 0.0749. The second-order valence-corrected chi connectivity index (χ2v) is 6.98. The molecule has 8 heteroatoms. The monoisotopic (exact) mass is 405 g/mol. The molecule has 0 radical (unpaired) electrons. The number of fused-ring (bicyclic) bond motifs is 1. The molecule has 0 aliphatic carbocycles. The Hall–Kier alpha value is -2.57. The number of amides is 1. The average molecular weight is 406 g/mol. The predicted molar refractivity (Wildman–Crippen MR) is 106 cm³/mol. The molecule has 27 heavy (non-hydrogen) atoms. The van der Waals surface area contributed by atoms with E-state index in [9.17, 15) is 14.4 Å². The molecule has 0 fully saturated rings. The third kappa shape index (κ3) is 4.23. The molecule has 0 aliphatic rings. The van der Waals surface area contributed by atoms with Crippen LogP contribution in [-0.2, 0) is 11.3 Å². The number of aromatic nitrogens is 2. The normalized spacial score (nSPS) is 12.1. The van der Waals surface area contributed by atoms with Crippen molar-refractivity contribution in [1.29, 1.82) is 0 Å². The SMILES string of the molecule is CC(NC(=O)CCn1c(=O)[nH]c(=O)c2ccccc21)c1ccc(Cl)cc1Cl. The minimum atomic E-state index is -0.541. The quantitative estimate of drug-likeness (QED) is 0.682. The fourth-order valence-corrected chi connectivity index (χ4v) is 3.49. The van der Waals surface area contributed by atoms with Crippen molar-refractivity contribution in [2.75, 3.05) is 0 Å². The van der Waals surface area contributed by atoms with Gasteiger partial charge in [-0.3, -0.25) is 19.1 Å². The van der Waals surface area contributed by atoms with Gasteiger partial charge in [0.05, 0.1) is 16.9 Å². The second kappa shape index (κ2) is 7.98. The third-order valence-electron chi connectivity index (χ3n) is 4.27. The molecule has 0 bridgehead atoms. The van der Waals surface area contributed by atoms with Crippen molar-refractivity contribution in [2.24, 2.45) is 0 Å². The van der Waals surface area contributed by atoms with E-state index in [-0.39, 0.29) is 24.9 Å². The van der Waals surface area contributed by atoms with Crippen LogP contribution in [0, 0.1) is 0 Å². The summed E-state index contributed by atoms with van der Waals surface area (Å²) < 4.78 is 1.39. The van der Waals surface area contributed by atoms with Gasteiger partial charge >= 0.3 is 5.69 Å². The van der Waals surface area contributed by atoms with E-state index in [1.165, 1.54) is 4.57 Å². The van der Waals surface area contributed by atoms with Crippen molar-refractivity contribution >= 4 is 40.0 Å². The summed E-state index contributed by atoms with van der Waals surface area (Å²) in [5.41, 5.74) is 0.261. The number of aryl methyl sites for hydroxylation is 1. The van der Waals surface area contributed by atoms with Crippen LogP contribution in [0.15, 0.2) is 52.1 Å². The summed E-state index contributed by atoms with van der Waals surface area (Å²) in [7, 11) is 0. The number of H-pyrrole nitrogens is 1. The van der Waals surface area contributed by atoms with Crippen LogP contribution in [0.1, 0.15) is 24.9 Å². The lowest BCUT2D eigenvalue weighted by molar-refractivity contribution is -0.121. The lowest BCUT2D eigenvalue weighted by atomic mass is 10.1. The molecule has 140 valence electrons. The fraction of sp³-hybridized carbons (Fsp3) is 0.211. The van der Waals surface area contributed by atoms with Crippen LogP contribution >= 0.6 is 23.2 Å². The Morgan fingerprint density at radius 3 is 2.67 bits per heavy atom. The summed E-state index contributed by atoms with van der Waals surface area (Å²) in [5, 5.41) is 4.24. The van der Waals surface area contributed by atoms with Crippen molar-refractivity contribution in [3.63, 3.8) is 0 Å². The van der Waals surface area contributed by atoms with E-state index in [1.54, 1.807) is 42.5 Å². The molecule has 0 saturated carbocycles. The molecule has 1 amide bonds. The van der Waals surface area contributed by atoms with Gasteiger partial charge in [-0.25, -0.2) is 4.79 Å². The average Bonchev–Trinajstić information content (AvgIpc) is 2.61. The van der Waals surface area contributed by atoms with Gasteiger partial charge in [-0.1, -0.05) is 41.4 Å². The number of carbonyl (C=O) groups excluding carboxylic acids is 1. The first-order valence-corrected chi connectivity index (χ1v) is 9.08. The molecule has 1 aromatic heterocycles. The van der Waals surface area contributed by atoms with Crippen LogP contribution in [0.5, 0.6) is 0 Å². The zero-order valence-corrected chi connectivity index (χ0v) is 16.0. The lowest BCUT2D eigenvalue weighted by Crippen LogP contribution is -2.33. The molecule has 3 rings (SSSR count). The first-order valence-electron chi connectivity index (χ1n) is 8.33. The van der Waals surface area contributed by atoms with Gasteiger partial charge in [-0.15, -0.1) is 0 Å². The molecule has 6 nitrogen and oxygen atoms in total. The molecule has 1 heterocycles. The van der Waals surface area contributed by atoms with Gasteiger partial charge in [0.1, 0.15) is 0 Å². The Balaban J connectivity index is 1.74. The smallest absolute Gasteiger partial charge is 0.328 e. The Kier molecular flexibility index (Phi) is 5.68. The summed E-state index contributed by atoms with van der Waals surface area (Å²) in [4.78, 5) is 38.6. The largest absolute Gasteiger partial charge is 0.349 e. The van der Waals surface area contributed by atoms with Crippen molar-refractivity contribution < 1.29 is 4.79 Å². The number of nitrogens with zero attached hydrogens (tertiary/aromatic N) is 1. The van der Waals surface area contributed by atoms with Crippen molar-refractivity contribution in [2.45, 2.75) is 25.9 Å². The number of rotatable bonds is 5. The lowest BCUT2D eigenvalue weighted by Gasteiger charge is -2.16. The number of benzene rings is 2.